The van der Waals surface area contributed by atoms with Crippen LogP contribution in [0.15, 0.2) is 10.1 Å². The van der Waals surface area contributed by atoms with E-state index >= 15 is 0 Å². The van der Waals surface area contributed by atoms with Gasteiger partial charge in [0, 0.05) is 10.3 Å². The maximum atomic E-state index is 8.33. The molecule has 0 saturated heterocycles. The number of nitrogens with zero attached hydrogens (tertiary/aromatic N) is 4. The zero-order valence-corrected chi connectivity index (χ0v) is 10.6. The van der Waals surface area contributed by atoms with Crippen LogP contribution in [0.3, 0.4) is 0 Å². The average molecular weight is 234 g/mol. The van der Waals surface area contributed by atoms with Crippen LogP contribution in [-0.2, 0) is 4.74 Å². The molecule has 2 bridgehead atoms. The van der Waals surface area contributed by atoms with Crippen molar-refractivity contribution in [1.82, 2.24) is 0 Å². The van der Waals surface area contributed by atoms with E-state index < -0.39 is 0 Å². The Bertz CT molecular complexity index is 438. The highest BCUT2D eigenvalue weighted by Crippen LogP contribution is 2.67. The zero-order valence-electron chi connectivity index (χ0n) is 10.6. The van der Waals surface area contributed by atoms with Crippen molar-refractivity contribution in [1.29, 1.82) is 0 Å². The van der Waals surface area contributed by atoms with Gasteiger partial charge in [-0.1, -0.05) is 25.9 Å². The third kappa shape index (κ3) is 1.15. The highest BCUT2D eigenvalue weighted by molar-refractivity contribution is 5.80. The van der Waals surface area contributed by atoms with Crippen molar-refractivity contribution in [3.05, 3.63) is 10.4 Å². The van der Waals surface area contributed by atoms with E-state index in [0.717, 1.165) is 0 Å². The molecule has 0 aromatic rings. The molecule has 0 aromatic carbocycles. The standard InChI is InChI=1S/C12H18N4O/c1-11(2)7-4-5-12(11,3)10-9(7)15-8(17-10)6-14-16-13/h7,9-10H,4-6H2,1-3H3/t7-,9-,10-,12+/m1/s1. The van der Waals surface area contributed by atoms with Crippen LogP contribution in [-0.4, -0.2) is 24.6 Å². The molecule has 0 aromatic heterocycles. The Hall–Kier alpha value is -1.22. The molecule has 4 atom stereocenters. The van der Waals surface area contributed by atoms with Crippen molar-refractivity contribution in [2.75, 3.05) is 6.54 Å². The first-order chi connectivity index (χ1) is 8.00. The number of aliphatic imine (C=N–C) groups is 1. The van der Waals surface area contributed by atoms with Gasteiger partial charge in [-0.2, -0.15) is 0 Å². The van der Waals surface area contributed by atoms with Crippen LogP contribution < -0.4 is 0 Å². The second-order valence-electron chi connectivity index (χ2n) is 6.23. The van der Waals surface area contributed by atoms with E-state index in [1.165, 1.54) is 12.8 Å². The van der Waals surface area contributed by atoms with E-state index in [9.17, 15) is 0 Å². The molecule has 2 fully saturated rings. The average Bonchev–Trinajstić information content (AvgIpc) is 2.83. The fourth-order valence-electron chi connectivity index (χ4n) is 4.13. The highest BCUT2D eigenvalue weighted by Gasteiger charge is 2.69. The smallest absolute Gasteiger partial charge is 0.189 e. The lowest BCUT2D eigenvalue weighted by molar-refractivity contribution is 0.0273. The summed E-state index contributed by atoms with van der Waals surface area (Å²) >= 11 is 0. The lowest BCUT2D eigenvalue weighted by Gasteiger charge is -2.37. The quantitative estimate of drug-likeness (QED) is 0.411. The van der Waals surface area contributed by atoms with Crippen molar-refractivity contribution in [2.45, 2.75) is 45.8 Å². The molecule has 5 nitrogen and oxygen atoms in total. The fraction of sp³-hybridized carbons (Fsp3) is 0.917. The van der Waals surface area contributed by atoms with Gasteiger partial charge in [-0.05, 0) is 29.7 Å². The van der Waals surface area contributed by atoms with Gasteiger partial charge in [0.25, 0.3) is 0 Å². The maximum absolute atomic E-state index is 8.33. The van der Waals surface area contributed by atoms with Crippen LogP contribution in [0.25, 0.3) is 10.4 Å². The minimum absolute atomic E-state index is 0.195. The molecule has 1 aliphatic heterocycles. The predicted molar refractivity (Wildman–Crippen MR) is 64.7 cm³/mol. The summed E-state index contributed by atoms with van der Waals surface area (Å²) in [6, 6.07) is 0.285. The summed E-state index contributed by atoms with van der Waals surface area (Å²) in [5.74, 6) is 1.24. The van der Waals surface area contributed by atoms with Gasteiger partial charge in [0.05, 0.1) is 6.04 Å². The first-order valence-corrected chi connectivity index (χ1v) is 6.25. The summed E-state index contributed by atoms with van der Waals surface area (Å²) in [5.41, 5.74) is 8.84. The van der Waals surface area contributed by atoms with Gasteiger partial charge in [0.15, 0.2) is 5.90 Å². The van der Waals surface area contributed by atoms with Crippen LogP contribution in [0.1, 0.15) is 33.6 Å². The van der Waals surface area contributed by atoms with Crippen LogP contribution in [0.5, 0.6) is 0 Å². The van der Waals surface area contributed by atoms with E-state index in [-0.39, 0.29) is 24.1 Å². The summed E-state index contributed by atoms with van der Waals surface area (Å²) in [5, 5.41) is 3.54. The number of fused-ring (bicyclic) bond motifs is 5. The molecule has 3 rings (SSSR count). The van der Waals surface area contributed by atoms with Gasteiger partial charge < -0.3 is 4.74 Å². The normalized spacial score (nSPS) is 44.9. The molecule has 2 aliphatic carbocycles. The fourth-order valence-corrected chi connectivity index (χ4v) is 4.13. The molecule has 1 heterocycles. The SMILES string of the molecule is CC1(C)[C@@H]2CC[C@@]1(C)[C@@H]1OC(CN=[N+]=[N-])=N[C@H]21. The number of rotatable bonds is 2. The van der Waals surface area contributed by atoms with Crippen LogP contribution in [0.4, 0.5) is 0 Å². The van der Waals surface area contributed by atoms with E-state index in [2.05, 4.69) is 35.8 Å². The number of hydrogen-bond acceptors (Lipinski definition) is 3. The molecule has 0 radical (unpaired) electrons. The minimum atomic E-state index is 0.195. The number of azide groups is 1. The highest BCUT2D eigenvalue weighted by atomic mass is 16.5. The van der Waals surface area contributed by atoms with Crippen molar-refractivity contribution < 1.29 is 4.74 Å². The van der Waals surface area contributed by atoms with E-state index in [1.54, 1.807) is 0 Å². The van der Waals surface area contributed by atoms with E-state index in [1.807, 2.05) is 0 Å². The summed E-state index contributed by atoms with van der Waals surface area (Å²) in [4.78, 5) is 7.40. The molecule has 3 aliphatic rings. The lowest BCUT2D eigenvalue weighted by Crippen LogP contribution is -2.39. The van der Waals surface area contributed by atoms with Crippen LogP contribution >= 0.6 is 0 Å². The summed E-state index contributed by atoms with van der Waals surface area (Å²) < 4.78 is 5.95. The van der Waals surface area contributed by atoms with Gasteiger partial charge in [-0.15, -0.1) is 0 Å². The second kappa shape index (κ2) is 3.16. The molecule has 0 amide bonds. The Morgan fingerprint density at radius 1 is 1.53 bits per heavy atom. The molecular weight excluding hydrogens is 216 g/mol. The Balaban J connectivity index is 1.90. The summed E-state index contributed by atoms with van der Waals surface area (Å²) in [6.07, 6.45) is 2.66. The van der Waals surface area contributed by atoms with Crippen LogP contribution in [0.2, 0.25) is 0 Å². The lowest BCUT2D eigenvalue weighted by atomic mass is 9.70. The van der Waals surface area contributed by atoms with Gasteiger partial charge in [-0.3, -0.25) is 0 Å². The minimum Gasteiger partial charge on any atom is -0.475 e. The third-order valence-corrected chi connectivity index (χ3v) is 5.55. The Morgan fingerprint density at radius 3 is 2.94 bits per heavy atom. The van der Waals surface area contributed by atoms with Crippen molar-refractivity contribution in [3.63, 3.8) is 0 Å². The molecule has 2 saturated carbocycles. The van der Waals surface area contributed by atoms with E-state index in [4.69, 9.17) is 10.3 Å². The molecule has 92 valence electrons. The molecular formula is C12H18N4O. The first-order valence-electron chi connectivity index (χ1n) is 6.25. The zero-order chi connectivity index (χ0) is 12.3. The van der Waals surface area contributed by atoms with Gasteiger partial charge in [0.1, 0.15) is 12.6 Å². The van der Waals surface area contributed by atoms with Gasteiger partial charge in [0.2, 0.25) is 0 Å². The molecule has 17 heavy (non-hydrogen) atoms. The van der Waals surface area contributed by atoms with Gasteiger partial charge >= 0.3 is 0 Å². The van der Waals surface area contributed by atoms with Crippen LogP contribution in [0, 0.1) is 16.7 Å². The predicted octanol–water partition coefficient (Wildman–Crippen LogP) is 2.92. The number of ether oxygens (including phenoxy) is 1. The van der Waals surface area contributed by atoms with E-state index in [0.29, 0.717) is 17.2 Å². The van der Waals surface area contributed by atoms with Crippen molar-refractivity contribution in [2.24, 2.45) is 26.9 Å². The topological polar surface area (TPSA) is 70.3 Å². The maximum Gasteiger partial charge on any atom is 0.189 e. The summed E-state index contributed by atoms with van der Waals surface area (Å²) in [7, 11) is 0. The largest absolute Gasteiger partial charge is 0.475 e. The Kier molecular flexibility index (Phi) is 2.03. The molecule has 0 unspecified atom stereocenters. The monoisotopic (exact) mass is 234 g/mol. The Labute approximate surface area is 101 Å². The number of hydrogen-bond donors (Lipinski definition) is 0. The van der Waals surface area contributed by atoms with Crippen molar-refractivity contribution in [3.8, 4) is 0 Å². The molecule has 0 N–H and O–H groups in total. The third-order valence-electron chi connectivity index (χ3n) is 5.55. The Morgan fingerprint density at radius 2 is 2.29 bits per heavy atom. The summed E-state index contributed by atoms with van der Waals surface area (Å²) in [6.45, 7) is 7.26. The molecule has 0 spiro atoms. The second-order valence-corrected chi connectivity index (χ2v) is 6.23. The van der Waals surface area contributed by atoms with Crippen molar-refractivity contribution >= 4 is 5.90 Å². The van der Waals surface area contributed by atoms with Gasteiger partial charge in [-0.25, -0.2) is 4.99 Å². The molecule has 5 heteroatoms. The first kappa shape index (κ1) is 10.9.